The minimum absolute atomic E-state index is 0. The Bertz CT molecular complexity index is 783. The largest absolute Gasteiger partial charge is 0.491 e. The van der Waals surface area contributed by atoms with Crippen molar-refractivity contribution in [2.75, 3.05) is 6.54 Å². The SMILES string of the molecule is CCNC(=NCc1ccc(OC(C)C)cc1C(F)(F)F)NCc1ccccn1.I. The Morgan fingerprint density at radius 1 is 1.17 bits per heavy atom. The average Bonchev–Trinajstić information content (AvgIpc) is 2.64. The monoisotopic (exact) mass is 522 g/mol. The first-order valence-electron chi connectivity index (χ1n) is 9.08. The van der Waals surface area contributed by atoms with E-state index in [1.165, 1.54) is 12.1 Å². The summed E-state index contributed by atoms with van der Waals surface area (Å²) in [6.07, 6.45) is -3.01. The van der Waals surface area contributed by atoms with Gasteiger partial charge in [-0.15, -0.1) is 24.0 Å². The van der Waals surface area contributed by atoms with Crippen molar-refractivity contribution in [2.45, 2.75) is 46.1 Å². The van der Waals surface area contributed by atoms with Crippen LogP contribution in [0.5, 0.6) is 5.75 Å². The van der Waals surface area contributed by atoms with E-state index in [-0.39, 0.29) is 47.9 Å². The predicted molar refractivity (Wildman–Crippen MR) is 119 cm³/mol. The van der Waals surface area contributed by atoms with Crippen LogP contribution in [0.4, 0.5) is 13.2 Å². The molecular weight excluding hydrogens is 496 g/mol. The fraction of sp³-hybridized carbons (Fsp3) is 0.400. The van der Waals surface area contributed by atoms with Gasteiger partial charge in [0.2, 0.25) is 0 Å². The molecule has 2 rings (SSSR count). The number of aliphatic imine (C=N–C) groups is 1. The van der Waals surface area contributed by atoms with Crippen molar-refractivity contribution in [1.29, 1.82) is 0 Å². The van der Waals surface area contributed by atoms with Crippen molar-refractivity contribution in [3.63, 3.8) is 0 Å². The number of halogens is 4. The molecule has 0 bridgehead atoms. The van der Waals surface area contributed by atoms with Crippen molar-refractivity contribution in [3.8, 4) is 5.75 Å². The quantitative estimate of drug-likeness (QED) is 0.313. The van der Waals surface area contributed by atoms with Gasteiger partial charge in [0.05, 0.1) is 30.5 Å². The molecule has 1 aromatic carbocycles. The van der Waals surface area contributed by atoms with Gasteiger partial charge in [-0.25, -0.2) is 4.99 Å². The van der Waals surface area contributed by atoms with Crippen molar-refractivity contribution in [2.24, 2.45) is 4.99 Å². The number of alkyl halides is 3. The highest BCUT2D eigenvalue weighted by Crippen LogP contribution is 2.35. The van der Waals surface area contributed by atoms with Crippen LogP contribution < -0.4 is 15.4 Å². The second-order valence-electron chi connectivity index (χ2n) is 6.35. The van der Waals surface area contributed by atoms with Crippen molar-refractivity contribution < 1.29 is 17.9 Å². The van der Waals surface area contributed by atoms with Gasteiger partial charge in [-0.3, -0.25) is 4.98 Å². The molecule has 0 unspecified atom stereocenters. The van der Waals surface area contributed by atoms with E-state index in [0.29, 0.717) is 19.0 Å². The van der Waals surface area contributed by atoms with Crippen molar-refractivity contribution in [3.05, 3.63) is 59.4 Å². The maximum atomic E-state index is 13.5. The maximum absolute atomic E-state index is 13.5. The number of nitrogens with zero attached hydrogens (tertiary/aromatic N) is 2. The molecule has 2 aromatic rings. The molecule has 5 nitrogen and oxygen atoms in total. The van der Waals surface area contributed by atoms with Gasteiger partial charge in [-0.1, -0.05) is 12.1 Å². The zero-order chi connectivity index (χ0) is 20.6. The minimum Gasteiger partial charge on any atom is -0.491 e. The first kappa shape index (κ1) is 25.0. The third-order valence-electron chi connectivity index (χ3n) is 3.67. The Labute approximate surface area is 186 Å². The molecule has 0 aliphatic rings. The van der Waals surface area contributed by atoms with Gasteiger partial charge < -0.3 is 15.4 Å². The van der Waals surface area contributed by atoms with Gasteiger partial charge in [0.15, 0.2) is 5.96 Å². The van der Waals surface area contributed by atoms with Crippen LogP contribution in [0.25, 0.3) is 0 Å². The lowest BCUT2D eigenvalue weighted by atomic mass is 10.1. The Balaban J connectivity index is 0.00000420. The molecule has 0 spiro atoms. The number of hydrogen-bond donors (Lipinski definition) is 2. The van der Waals surface area contributed by atoms with E-state index < -0.39 is 11.7 Å². The summed E-state index contributed by atoms with van der Waals surface area (Å²) in [6.45, 7) is 6.30. The number of hydrogen-bond acceptors (Lipinski definition) is 3. The highest BCUT2D eigenvalue weighted by atomic mass is 127. The normalized spacial score (nSPS) is 11.8. The van der Waals surface area contributed by atoms with Gasteiger partial charge in [0, 0.05) is 12.7 Å². The summed E-state index contributed by atoms with van der Waals surface area (Å²) >= 11 is 0. The van der Waals surface area contributed by atoms with Gasteiger partial charge in [0.25, 0.3) is 0 Å². The van der Waals surface area contributed by atoms with Crippen LogP contribution >= 0.6 is 24.0 Å². The first-order valence-corrected chi connectivity index (χ1v) is 9.08. The summed E-state index contributed by atoms with van der Waals surface area (Å²) in [6, 6.07) is 9.50. The van der Waals surface area contributed by atoms with Crippen LogP contribution in [-0.2, 0) is 19.3 Å². The summed E-state index contributed by atoms with van der Waals surface area (Å²) in [5.41, 5.74) is 0.146. The molecule has 160 valence electrons. The maximum Gasteiger partial charge on any atom is 0.416 e. The minimum atomic E-state index is -4.49. The van der Waals surface area contributed by atoms with Gasteiger partial charge in [-0.05, 0) is 50.6 Å². The second-order valence-corrected chi connectivity index (χ2v) is 6.35. The van der Waals surface area contributed by atoms with E-state index in [9.17, 15) is 13.2 Å². The Morgan fingerprint density at radius 3 is 2.52 bits per heavy atom. The van der Waals surface area contributed by atoms with E-state index in [0.717, 1.165) is 11.8 Å². The molecule has 0 saturated carbocycles. The highest BCUT2D eigenvalue weighted by molar-refractivity contribution is 14.0. The van der Waals surface area contributed by atoms with Gasteiger partial charge in [0.1, 0.15) is 5.75 Å². The van der Waals surface area contributed by atoms with E-state index in [4.69, 9.17) is 4.74 Å². The number of aromatic nitrogens is 1. The van der Waals surface area contributed by atoms with Gasteiger partial charge >= 0.3 is 6.18 Å². The first-order chi connectivity index (χ1) is 13.3. The molecular formula is C20H26F3IN4O. The average molecular weight is 522 g/mol. The highest BCUT2D eigenvalue weighted by Gasteiger charge is 2.33. The molecule has 0 aliphatic heterocycles. The number of rotatable bonds is 7. The van der Waals surface area contributed by atoms with E-state index >= 15 is 0 Å². The number of ether oxygens (including phenoxy) is 1. The molecule has 0 saturated heterocycles. The molecule has 29 heavy (non-hydrogen) atoms. The molecule has 1 heterocycles. The Morgan fingerprint density at radius 2 is 1.93 bits per heavy atom. The lowest BCUT2D eigenvalue weighted by Crippen LogP contribution is -2.37. The lowest BCUT2D eigenvalue weighted by Gasteiger charge is -2.16. The summed E-state index contributed by atoms with van der Waals surface area (Å²) in [4.78, 5) is 8.49. The van der Waals surface area contributed by atoms with Crippen molar-refractivity contribution >= 4 is 29.9 Å². The van der Waals surface area contributed by atoms with Gasteiger partial charge in [-0.2, -0.15) is 13.2 Å². The molecule has 9 heteroatoms. The van der Waals surface area contributed by atoms with Crippen LogP contribution in [0.15, 0.2) is 47.6 Å². The summed E-state index contributed by atoms with van der Waals surface area (Å²) in [5, 5.41) is 6.10. The fourth-order valence-electron chi connectivity index (χ4n) is 2.49. The van der Waals surface area contributed by atoms with E-state index in [2.05, 4.69) is 20.6 Å². The Hall–Kier alpha value is -2.04. The molecule has 0 aliphatic carbocycles. The fourth-order valence-corrected chi connectivity index (χ4v) is 2.49. The van der Waals surface area contributed by atoms with Crippen LogP contribution in [0.3, 0.4) is 0 Å². The Kier molecular flexibility index (Phi) is 10.2. The predicted octanol–water partition coefficient (Wildman–Crippen LogP) is 4.76. The molecule has 0 atom stereocenters. The zero-order valence-electron chi connectivity index (χ0n) is 16.6. The zero-order valence-corrected chi connectivity index (χ0v) is 18.9. The molecule has 0 amide bonds. The van der Waals surface area contributed by atoms with Crippen molar-refractivity contribution in [1.82, 2.24) is 15.6 Å². The number of benzene rings is 1. The number of nitrogens with one attached hydrogen (secondary N) is 2. The van der Waals surface area contributed by atoms with E-state index in [1.54, 1.807) is 20.0 Å². The standard InChI is InChI=1S/C20H25F3N4O.HI/c1-4-24-19(27-13-16-7-5-6-10-25-16)26-12-15-8-9-17(28-14(2)3)11-18(15)20(21,22)23;/h5-11,14H,4,12-13H2,1-3H3,(H2,24,26,27);1H. The number of guanidine groups is 1. The van der Waals surface area contributed by atoms with Crippen LogP contribution in [0.1, 0.15) is 37.6 Å². The molecule has 0 fully saturated rings. The summed E-state index contributed by atoms with van der Waals surface area (Å²) < 4.78 is 45.8. The summed E-state index contributed by atoms with van der Waals surface area (Å²) in [7, 11) is 0. The van der Waals surface area contributed by atoms with Crippen LogP contribution in [-0.4, -0.2) is 23.6 Å². The van der Waals surface area contributed by atoms with Crippen LogP contribution in [0.2, 0.25) is 0 Å². The summed E-state index contributed by atoms with van der Waals surface area (Å²) in [5.74, 6) is 0.610. The molecule has 0 radical (unpaired) electrons. The molecule has 1 aromatic heterocycles. The third kappa shape index (κ3) is 8.46. The van der Waals surface area contributed by atoms with E-state index in [1.807, 2.05) is 25.1 Å². The van der Waals surface area contributed by atoms with Crippen LogP contribution in [0, 0.1) is 0 Å². The lowest BCUT2D eigenvalue weighted by molar-refractivity contribution is -0.138. The number of pyridine rings is 1. The smallest absolute Gasteiger partial charge is 0.416 e. The third-order valence-corrected chi connectivity index (χ3v) is 3.67. The second kappa shape index (κ2) is 11.8. The molecule has 2 N–H and O–H groups in total. The topological polar surface area (TPSA) is 58.5 Å².